The van der Waals surface area contributed by atoms with E-state index in [1.165, 1.54) is 4.90 Å². The number of halogens is 4. The lowest BCUT2D eigenvalue weighted by molar-refractivity contribution is -0.137. The fraction of sp³-hybridized carbons (Fsp3) is 0.500. The SMILES string of the molecule is [C-]#[N+]c1ncc(N2CCC(F)(C(=O)Nc3ccc(N4CCC(CN5CC6(CCN(c7ccc8c(c7)C(=O)N(C7CCC(=O)NC7=O)C8=O)CC6)C5)CC4)cn3)CC2)cc1C(F)(F)F. The Balaban J connectivity index is 0.699. The van der Waals surface area contributed by atoms with Gasteiger partial charge < -0.3 is 29.8 Å². The average molecular weight is 871 g/mol. The number of piperidine rings is 4. The van der Waals surface area contributed by atoms with Crippen LogP contribution in [0.25, 0.3) is 4.85 Å². The van der Waals surface area contributed by atoms with Gasteiger partial charge in [-0.2, -0.15) is 13.2 Å². The molecule has 0 bridgehead atoms. The van der Waals surface area contributed by atoms with E-state index < -0.39 is 58.8 Å². The van der Waals surface area contributed by atoms with Gasteiger partial charge in [0.05, 0.1) is 34.3 Å². The third kappa shape index (κ3) is 8.16. The first-order chi connectivity index (χ1) is 30.1. The number of pyridine rings is 2. The Kier molecular flexibility index (Phi) is 10.8. The van der Waals surface area contributed by atoms with E-state index in [1.54, 1.807) is 24.4 Å². The van der Waals surface area contributed by atoms with Crippen LogP contribution in [0, 0.1) is 17.9 Å². The van der Waals surface area contributed by atoms with E-state index in [0.29, 0.717) is 11.5 Å². The van der Waals surface area contributed by atoms with Crippen molar-refractivity contribution in [3.63, 3.8) is 0 Å². The molecular formula is C44H46F4N10O5. The highest BCUT2D eigenvalue weighted by atomic mass is 19.4. The van der Waals surface area contributed by atoms with Gasteiger partial charge in [0, 0.05) is 83.9 Å². The molecule has 3 aromatic rings. The van der Waals surface area contributed by atoms with Crippen molar-refractivity contribution in [1.82, 2.24) is 25.1 Å². The van der Waals surface area contributed by atoms with Crippen LogP contribution in [0.1, 0.15) is 77.6 Å². The van der Waals surface area contributed by atoms with Crippen LogP contribution < -0.4 is 25.3 Å². The Morgan fingerprint density at radius 3 is 2.10 bits per heavy atom. The summed E-state index contributed by atoms with van der Waals surface area (Å²) in [6.07, 6.45) is 1.88. The van der Waals surface area contributed by atoms with Crippen molar-refractivity contribution < 1.29 is 41.5 Å². The second-order valence-electron chi connectivity index (χ2n) is 17.7. The van der Waals surface area contributed by atoms with Crippen LogP contribution in [0.2, 0.25) is 0 Å². The molecule has 6 aliphatic heterocycles. The van der Waals surface area contributed by atoms with Gasteiger partial charge in [-0.05, 0) is 79.8 Å². The molecule has 0 aliphatic carbocycles. The van der Waals surface area contributed by atoms with E-state index >= 15 is 4.39 Å². The number of aromatic nitrogens is 2. The lowest BCUT2D eigenvalue weighted by Gasteiger charge is -2.55. The number of rotatable bonds is 8. The zero-order valence-electron chi connectivity index (χ0n) is 34.4. The molecule has 6 aliphatic rings. The van der Waals surface area contributed by atoms with Crippen LogP contribution in [-0.4, -0.2) is 120 Å². The molecule has 5 fully saturated rings. The first-order valence-corrected chi connectivity index (χ1v) is 21.4. The zero-order valence-corrected chi connectivity index (χ0v) is 34.4. The van der Waals surface area contributed by atoms with Gasteiger partial charge in [0.15, 0.2) is 5.67 Å². The standard InChI is InChI=1S/C44H46F4N10O5/c1-49-37-33(44(46,47)48)21-30(23-51-37)57-18-12-43(45,13-19-57)41(63)52-35-6-3-29(22-50-35)55-14-8-27(9-15-55)24-54-25-42(26-54)10-16-56(17-11-42)28-2-4-31-32(20-28)40(62)58(39(31)61)34-5-7-36(59)53-38(34)60/h2-4,6,20-23,27,34H,5,7-19,24-26H2,(H,50,52,63)(H,53,59,60). The molecule has 5 amide bonds. The molecule has 1 aromatic carbocycles. The zero-order chi connectivity index (χ0) is 44.3. The number of carbonyl (C=O) groups excluding carboxylic acids is 5. The van der Waals surface area contributed by atoms with E-state index in [0.717, 1.165) is 100 Å². The van der Waals surface area contributed by atoms with Crippen molar-refractivity contribution in [2.45, 2.75) is 69.3 Å². The van der Waals surface area contributed by atoms with Gasteiger partial charge in [0.1, 0.15) is 18.1 Å². The molecule has 2 aromatic heterocycles. The minimum atomic E-state index is -4.76. The van der Waals surface area contributed by atoms with Crippen molar-refractivity contribution in [2.75, 3.05) is 78.9 Å². The van der Waals surface area contributed by atoms with E-state index in [-0.39, 0.29) is 61.3 Å². The number of amides is 5. The molecule has 19 heteroatoms. The summed E-state index contributed by atoms with van der Waals surface area (Å²) in [6.45, 7) is 13.5. The molecule has 63 heavy (non-hydrogen) atoms. The van der Waals surface area contributed by atoms with Gasteiger partial charge in [-0.25, -0.2) is 9.37 Å². The van der Waals surface area contributed by atoms with Gasteiger partial charge in [0.25, 0.3) is 23.5 Å². The Hall–Kier alpha value is -6.16. The minimum absolute atomic E-state index is 0.00914. The van der Waals surface area contributed by atoms with Crippen LogP contribution in [0.5, 0.6) is 0 Å². The van der Waals surface area contributed by atoms with Crippen LogP contribution in [0.3, 0.4) is 0 Å². The molecule has 8 heterocycles. The number of nitrogens with zero attached hydrogens (tertiary/aromatic N) is 8. The molecule has 5 saturated heterocycles. The van der Waals surface area contributed by atoms with Gasteiger partial charge in [-0.15, -0.1) is 4.98 Å². The maximum atomic E-state index is 15.8. The fourth-order valence-corrected chi connectivity index (χ4v) is 10.1. The maximum absolute atomic E-state index is 15.8. The summed E-state index contributed by atoms with van der Waals surface area (Å²) in [5.74, 6) is -2.86. The Bertz CT molecular complexity index is 2370. The maximum Gasteiger partial charge on any atom is 0.409 e. The summed E-state index contributed by atoms with van der Waals surface area (Å²) in [6, 6.07) is 8.66. The molecule has 1 spiro atoms. The number of hydrogen-bond acceptors (Lipinski definition) is 11. The van der Waals surface area contributed by atoms with Crippen molar-refractivity contribution >= 4 is 58.2 Å². The van der Waals surface area contributed by atoms with E-state index in [9.17, 15) is 37.1 Å². The number of nitrogens with one attached hydrogen (secondary N) is 2. The number of carbonyl (C=O) groups is 5. The second-order valence-corrected chi connectivity index (χ2v) is 17.7. The molecule has 1 unspecified atom stereocenters. The van der Waals surface area contributed by atoms with Crippen LogP contribution in [0.15, 0.2) is 48.8 Å². The number of hydrogen-bond donors (Lipinski definition) is 2. The van der Waals surface area contributed by atoms with Crippen molar-refractivity contribution in [2.24, 2.45) is 11.3 Å². The predicted molar refractivity (Wildman–Crippen MR) is 222 cm³/mol. The number of fused-ring (bicyclic) bond motifs is 1. The lowest BCUT2D eigenvalue weighted by atomic mass is 9.71. The Morgan fingerprint density at radius 2 is 1.44 bits per heavy atom. The lowest BCUT2D eigenvalue weighted by Crippen LogP contribution is -2.61. The van der Waals surface area contributed by atoms with E-state index in [2.05, 4.69) is 40.1 Å². The Morgan fingerprint density at radius 1 is 0.810 bits per heavy atom. The molecule has 330 valence electrons. The van der Waals surface area contributed by atoms with Crippen LogP contribution >= 0.6 is 0 Å². The number of anilines is 4. The predicted octanol–water partition coefficient (Wildman–Crippen LogP) is 5.21. The highest BCUT2D eigenvalue weighted by Gasteiger charge is 2.48. The van der Waals surface area contributed by atoms with Crippen molar-refractivity contribution in [1.29, 1.82) is 0 Å². The van der Waals surface area contributed by atoms with Gasteiger partial charge >= 0.3 is 6.18 Å². The monoisotopic (exact) mass is 870 g/mol. The third-order valence-corrected chi connectivity index (χ3v) is 13.8. The summed E-state index contributed by atoms with van der Waals surface area (Å²) in [5, 5.41) is 4.81. The van der Waals surface area contributed by atoms with Crippen LogP contribution in [0.4, 0.5) is 46.3 Å². The highest BCUT2D eigenvalue weighted by molar-refractivity contribution is 6.23. The summed E-state index contributed by atoms with van der Waals surface area (Å²) >= 11 is 0. The van der Waals surface area contributed by atoms with E-state index in [4.69, 9.17) is 6.57 Å². The molecular weight excluding hydrogens is 825 g/mol. The molecule has 0 saturated carbocycles. The largest absolute Gasteiger partial charge is 0.409 e. The fourth-order valence-electron chi connectivity index (χ4n) is 10.1. The third-order valence-electron chi connectivity index (χ3n) is 13.8. The van der Waals surface area contributed by atoms with Crippen LogP contribution in [-0.2, 0) is 20.6 Å². The number of benzene rings is 1. The molecule has 1 atom stereocenters. The smallest absolute Gasteiger partial charge is 0.371 e. The average Bonchev–Trinajstić information content (AvgIpc) is 3.51. The molecule has 15 nitrogen and oxygen atoms in total. The van der Waals surface area contributed by atoms with Gasteiger partial charge in [-0.1, -0.05) is 6.57 Å². The summed E-state index contributed by atoms with van der Waals surface area (Å²) in [4.78, 5) is 84.1. The minimum Gasteiger partial charge on any atom is -0.371 e. The van der Waals surface area contributed by atoms with E-state index in [1.807, 2.05) is 12.1 Å². The first-order valence-electron chi connectivity index (χ1n) is 21.4. The topological polar surface area (TPSA) is 156 Å². The number of likely N-dealkylation sites (tertiary alicyclic amines) is 1. The summed E-state index contributed by atoms with van der Waals surface area (Å²) < 4.78 is 56.2. The van der Waals surface area contributed by atoms with Gasteiger partial charge in [-0.3, -0.25) is 34.2 Å². The summed E-state index contributed by atoms with van der Waals surface area (Å²) in [5.41, 5.74) is -0.645. The highest BCUT2D eigenvalue weighted by Crippen LogP contribution is 2.43. The second kappa shape index (κ2) is 16.2. The normalized spacial score (nSPS) is 22.7. The molecule has 9 rings (SSSR count). The molecule has 2 N–H and O–H groups in total. The number of alkyl halides is 4. The Labute approximate surface area is 360 Å². The van der Waals surface area contributed by atoms with Crippen molar-refractivity contribution in [3.8, 4) is 0 Å². The molecule has 0 radical (unpaired) electrons. The quantitative estimate of drug-likeness (QED) is 0.174. The van der Waals surface area contributed by atoms with Gasteiger partial charge in [0.2, 0.25) is 11.8 Å². The number of imide groups is 2. The summed E-state index contributed by atoms with van der Waals surface area (Å²) in [7, 11) is 0. The van der Waals surface area contributed by atoms with Crippen molar-refractivity contribution in [3.05, 3.63) is 76.9 Å². The first kappa shape index (κ1) is 42.2.